The van der Waals surface area contributed by atoms with Crippen molar-refractivity contribution in [2.24, 2.45) is 11.8 Å². The van der Waals surface area contributed by atoms with E-state index in [2.05, 4.69) is 6.08 Å². The summed E-state index contributed by atoms with van der Waals surface area (Å²) < 4.78 is 0. The van der Waals surface area contributed by atoms with Crippen LogP contribution in [-0.4, -0.2) is 13.6 Å². The zero-order valence-electron chi connectivity index (χ0n) is 5.84. The molecule has 0 aromatic rings. The Morgan fingerprint density at radius 2 is 2.20 bits per heavy atom. The number of fused-ring (bicyclic) bond motifs is 1. The molecule has 10 heavy (non-hydrogen) atoms. The number of hydrogen-bond acceptors (Lipinski definition) is 1. The number of carbonyl (C=O) groups is 1. The molecule has 2 unspecified atom stereocenters. The Morgan fingerprint density at radius 1 is 1.40 bits per heavy atom. The lowest BCUT2D eigenvalue weighted by Gasteiger charge is -2.04. The summed E-state index contributed by atoms with van der Waals surface area (Å²) in [4.78, 5) is 10.9. The molecule has 0 N–H and O–H groups in total. The van der Waals surface area contributed by atoms with Gasteiger partial charge in [-0.1, -0.05) is 6.08 Å². The second kappa shape index (κ2) is 1.98. The van der Waals surface area contributed by atoms with Gasteiger partial charge in [0, 0.05) is 12.8 Å². The van der Waals surface area contributed by atoms with Gasteiger partial charge in [0.05, 0.1) is 0 Å². The van der Waals surface area contributed by atoms with Crippen LogP contribution in [0, 0.1) is 11.8 Å². The van der Waals surface area contributed by atoms with E-state index in [0.29, 0.717) is 17.6 Å². The van der Waals surface area contributed by atoms with Gasteiger partial charge in [-0.25, -0.2) is 0 Å². The van der Waals surface area contributed by atoms with E-state index in [1.54, 1.807) is 0 Å². The molecular weight excluding hydrogens is 123 g/mol. The largest absolute Gasteiger partial charge is 0.300 e. The Labute approximate surface area is 61.9 Å². The predicted octanol–water partition coefficient (Wildman–Crippen LogP) is 1.04. The van der Waals surface area contributed by atoms with Crippen molar-refractivity contribution >= 4 is 13.6 Å². The van der Waals surface area contributed by atoms with Gasteiger partial charge in [0.1, 0.15) is 13.6 Å². The molecular formula is C8H9BO. The van der Waals surface area contributed by atoms with Crippen molar-refractivity contribution in [3.8, 4) is 0 Å². The summed E-state index contributed by atoms with van der Waals surface area (Å²) in [6.07, 6.45) is 4.53. The number of carbonyl (C=O) groups excluding carboxylic acids is 1. The van der Waals surface area contributed by atoms with Gasteiger partial charge in [-0.05, 0) is 18.3 Å². The Hall–Kier alpha value is -0.525. The summed E-state index contributed by atoms with van der Waals surface area (Å²) >= 11 is 0. The normalized spacial score (nSPS) is 38.0. The van der Waals surface area contributed by atoms with Crippen LogP contribution < -0.4 is 0 Å². The molecule has 1 saturated carbocycles. The van der Waals surface area contributed by atoms with Gasteiger partial charge in [0.25, 0.3) is 0 Å². The minimum Gasteiger partial charge on any atom is -0.300 e. The van der Waals surface area contributed by atoms with Gasteiger partial charge in [0.2, 0.25) is 0 Å². The van der Waals surface area contributed by atoms with Gasteiger partial charge < -0.3 is 0 Å². The van der Waals surface area contributed by atoms with Crippen LogP contribution in [0.4, 0.5) is 0 Å². The summed E-state index contributed by atoms with van der Waals surface area (Å²) in [5.41, 5.74) is 0.988. The van der Waals surface area contributed by atoms with Crippen molar-refractivity contribution in [1.82, 2.24) is 0 Å². The number of Topliss-reactive ketones (excluding diaryl/α,β-unsaturated/α-hetero) is 1. The first-order chi connectivity index (χ1) is 4.75. The lowest BCUT2D eigenvalue weighted by atomic mass is 9.92. The molecule has 0 aromatic carbocycles. The van der Waals surface area contributed by atoms with E-state index in [1.807, 2.05) is 0 Å². The van der Waals surface area contributed by atoms with Crippen LogP contribution >= 0.6 is 0 Å². The molecule has 2 heteroatoms. The molecule has 0 spiro atoms. The van der Waals surface area contributed by atoms with Crippen LogP contribution in [0.25, 0.3) is 0 Å². The van der Waals surface area contributed by atoms with Crippen molar-refractivity contribution in [3.63, 3.8) is 0 Å². The van der Waals surface area contributed by atoms with Gasteiger partial charge in [-0.3, -0.25) is 4.79 Å². The summed E-state index contributed by atoms with van der Waals surface area (Å²) in [5, 5.41) is 0. The highest BCUT2D eigenvalue weighted by Crippen LogP contribution is 2.39. The molecule has 0 bridgehead atoms. The standard InChI is InChI=1S/C8H9BO/c9-7-1-5-3-8(10)4-6(5)2-7/h1,5-6H,2-4H2. The third-order valence-electron chi connectivity index (χ3n) is 2.48. The minimum atomic E-state index is 0.416. The molecule has 2 atom stereocenters. The quantitative estimate of drug-likeness (QED) is 0.450. The van der Waals surface area contributed by atoms with Crippen molar-refractivity contribution < 1.29 is 4.79 Å². The average molecular weight is 132 g/mol. The fourth-order valence-electron chi connectivity index (χ4n) is 2.02. The first kappa shape index (κ1) is 6.20. The highest BCUT2D eigenvalue weighted by Gasteiger charge is 2.34. The maximum absolute atomic E-state index is 10.9. The SMILES string of the molecule is [B]C1=CC2CC(=O)CC2C1. The zero-order valence-corrected chi connectivity index (χ0v) is 5.84. The Morgan fingerprint density at radius 3 is 2.90 bits per heavy atom. The monoisotopic (exact) mass is 132 g/mol. The van der Waals surface area contributed by atoms with Crippen molar-refractivity contribution in [2.75, 3.05) is 0 Å². The molecule has 0 heterocycles. The maximum Gasteiger partial charge on any atom is 0.133 e. The van der Waals surface area contributed by atoms with Gasteiger partial charge in [0.15, 0.2) is 0 Å². The maximum atomic E-state index is 10.9. The number of hydrogen-bond donors (Lipinski definition) is 0. The third kappa shape index (κ3) is 0.826. The Kier molecular flexibility index (Phi) is 1.23. The first-order valence-electron chi connectivity index (χ1n) is 3.73. The fourth-order valence-corrected chi connectivity index (χ4v) is 2.02. The highest BCUT2D eigenvalue weighted by molar-refractivity contribution is 6.22. The summed E-state index contributed by atoms with van der Waals surface area (Å²) in [5.74, 6) is 1.47. The Bertz CT molecular complexity index is 207. The zero-order chi connectivity index (χ0) is 7.14. The fraction of sp³-hybridized carbons (Fsp3) is 0.625. The van der Waals surface area contributed by atoms with E-state index in [9.17, 15) is 4.79 Å². The van der Waals surface area contributed by atoms with E-state index in [-0.39, 0.29) is 0 Å². The van der Waals surface area contributed by atoms with Crippen LogP contribution in [0.15, 0.2) is 11.5 Å². The van der Waals surface area contributed by atoms with Crippen LogP contribution in [-0.2, 0) is 4.79 Å². The summed E-state index contributed by atoms with van der Waals surface area (Å²) in [6, 6.07) is 0. The molecule has 1 nitrogen and oxygen atoms in total. The van der Waals surface area contributed by atoms with E-state index >= 15 is 0 Å². The first-order valence-corrected chi connectivity index (χ1v) is 3.73. The second-order valence-corrected chi connectivity index (χ2v) is 3.32. The molecule has 0 aliphatic heterocycles. The van der Waals surface area contributed by atoms with Crippen LogP contribution in [0.2, 0.25) is 0 Å². The molecule has 50 valence electrons. The molecule has 1 fully saturated rings. The lowest BCUT2D eigenvalue weighted by Crippen LogP contribution is -1.97. The average Bonchev–Trinajstić information content (AvgIpc) is 2.21. The smallest absolute Gasteiger partial charge is 0.133 e. The summed E-state index contributed by atoms with van der Waals surface area (Å²) in [6.45, 7) is 0. The second-order valence-electron chi connectivity index (χ2n) is 3.32. The van der Waals surface area contributed by atoms with Crippen LogP contribution in [0.3, 0.4) is 0 Å². The topological polar surface area (TPSA) is 17.1 Å². The van der Waals surface area contributed by atoms with E-state index in [0.717, 1.165) is 24.7 Å². The number of allylic oxidation sites excluding steroid dienone is 2. The van der Waals surface area contributed by atoms with Crippen molar-refractivity contribution in [2.45, 2.75) is 19.3 Å². The van der Waals surface area contributed by atoms with Crippen LogP contribution in [0.1, 0.15) is 19.3 Å². The van der Waals surface area contributed by atoms with E-state index < -0.39 is 0 Å². The predicted molar refractivity (Wildman–Crippen MR) is 39.7 cm³/mol. The highest BCUT2D eigenvalue weighted by atomic mass is 16.1. The van der Waals surface area contributed by atoms with Gasteiger partial charge >= 0.3 is 0 Å². The van der Waals surface area contributed by atoms with Gasteiger partial charge in [-0.15, -0.1) is 5.47 Å². The van der Waals surface area contributed by atoms with Gasteiger partial charge in [-0.2, -0.15) is 0 Å². The lowest BCUT2D eigenvalue weighted by molar-refractivity contribution is -0.117. The van der Waals surface area contributed by atoms with Crippen LogP contribution in [0.5, 0.6) is 0 Å². The molecule has 2 radical (unpaired) electrons. The summed E-state index contributed by atoms with van der Waals surface area (Å²) in [7, 11) is 5.62. The number of ketones is 1. The van der Waals surface area contributed by atoms with Crippen molar-refractivity contribution in [3.05, 3.63) is 11.5 Å². The molecule has 0 amide bonds. The van der Waals surface area contributed by atoms with E-state index in [1.165, 1.54) is 0 Å². The Balaban J connectivity index is 2.17. The van der Waals surface area contributed by atoms with E-state index in [4.69, 9.17) is 7.85 Å². The molecule has 0 saturated heterocycles. The molecule has 2 aliphatic rings. The van der Waals surface area contributed by atoms with Crippen molar-refractivity contribution in [1.29, 1.82) is 0 Å². The molecule has 2 rings (SSSR count). The number of rotatable bonds is 0. The molecule has 2 aliphatic carbocycles. The minimum absolute atomic E-state index is 0.416. The molecule has 0 aromatic heterocycles. The third-order valence-corrected chi connectivity index (χ3v) is 2.48.